The van der Waals surface area contributed by atoms with Gasteiger partial charge >= 0.3 is 0 Å². The predicted molar refractivity (Wildman–Crippen MR) is 60.2 cm³/mol. The van der Waals surface area contributed by atoms with Crippen molar-refractivity contribution in [1.29, 1.82) is 0 Å². The van der Waals surface area contributed by atoms with Crippen molar-refractivity contribution in [2.75, 3.05) is 26.3 Å². The summed E-state index contributed by atoms with van der Waals surface area (Å²) in [5, 5.41) is 3.26. The Kier molecular flexibility index (Phi) is 17.1. The van der Waals surface area contributed by atoms with Gasteiger partial charge in [0.25, 0.3) is 0 Å². The molecule has 1 N–H and O–H groups in total. The Morgan fingerprint density at radius 1 is 1.23 bits per heavy atom. The van der Waals surface area contributed by atoms with Crippen LogP contribution in [0.2, 0.25) is 0 Å². The lowest BCUT2D eigenvalue weighted by atomic mass is 10.2. The molecule has 0 aromatic rings. The minimum absolute atomic E-state index is 0.661. The fourth-order valence-corrected chi connectivity index (χ4v) is 0.795. The van der Waals surface area contributed by atoms with Crippen LogP contribution in [0.25, 0.3) is 0 Å². The molecule has 2 heteroatoms. The Morgan fingerprint density at radius 3 is 2.31 bits per heavy atom. The first kappa shape index (κ1) is 15.4. The van der Waals surface area contributed by atoms with Crippen molar-refractivity contribution in [3.05, 3.63) is 0 Å². The van der Waals surface area contributed by atoms with Gasteiger partial charge < -0.3 is 10.1 Å². The van der Waals surface area contributed by atoms with Gasteiger partial charge in [0, 0.05) is 13.2 Å². The number of hydrogen-bond donors (Lipinski definition) is 1. The molecule has 0 saturated carbocycles. The fourth-order valence-electron chi connectivity index (χ4n) is 0.795. The number of hydrogen-bond acceptors (Lipinski definition) is 2. The van der Waals surface area contributed by atoms with Gasteiger partial charge in [-0.15, -0.1) is 0 Å². The lowest BCUT2D eigenvalue weighted by Crippen LogP contribution is -2.16. The molecule has 0 atom stereocenters. The summed E-state index contributed by atoms with van der Waals surface area (Å²) in [7, 11) is 0. The Hall–Kier alpha value is -0.0800. The second-order valence-corrected chi connectivity index (χ2v) is 3.18. The molecule has 0 aromatic heterocycles. The monoisotopic (exact) mass is 189 g/mol. The van der Waals surface area contributed by atoms with Gasteiger partial charge in [-0.2, -0.15) is 0 Å². The van der Waals surface area contributed by atoms with Gasteiger partial charge in [-0.1, -0.05) is 34.6 Å². The van der Waals surface area contributed by atoms with E-state index in [2.05, 4.69) is 26.1 Å². The number of ether oxygens (including phenoxy) is 1. The van der Waals surface area contributed by atoms with Gasteiger partial charge in [0.05, 0.1) is 0 Å². The van der Waals surface area contributed by atoms with Crippen molar-refractivity contribution < 1.29 is 4.74 Å². The summed E-state index contributed by atoms with van der Waals surface area (Å²) in [5.74, 6) is 0.661. The predicted octanol–water partition coefficient (Wildman–Crippen LogP) is 2.68. The molecule has 0 aromatic carbocycles. The molecule has 0 aliphatic heterocycles. The molecule has 0 spiro atoms. The third kappa shape index (κ3) is 18.7. The molecule has 0 heterocycles. The average Bonchev–Trinajstić information content (AvgIpc) is 2.14. The maximum absolute atomic E-state index is 5.40. The van der Waals surface area contributed by atoms with E-state index in [0.29, 0.717) is 5.92 Å². The summed E-state index contributed by atoms with van der Waals surface area (Å²) in [6.45, 7) is 14.4. The Balaban J connectivity index is 0. The van der Waals surface area contributed by atoms with E-state index in [1.165, 1.54) is 0 Å². The van der Waals surface area contributed by atoms with Crippen molar-refractivity contribution in [2.45, 2.75) is 41.0 Å². The summed E-state index contributed by atoms with van der Waals surface area (Å²) in [6, 6.07) is 0. The van der Waals surface area contributed by atoms with Gasteiger partial charge in [-0.25, -0.2) is 0 Å². The summed E-state index contributed by atoms with van der Waals surface area (Å²) in [5.41, 5.74) is 0. The Labute approximate surface area is 84.1 Å². The maximum Gasteiger partial charge on any atom is 0.0489 e. The minimum atomic E-state index is 0.661. The van der Waals surface area contributed by atoms with Crippen LogP contribution in [0.4, 0.5) is 0 Å². The Morgan fingerprint density at radius 2 is 1.85 bits per heavy atom. The van der Waals surface area contributed by atoms with Crippen molar-refractivity contribution >= 4 is 0 Å². The molecule has 2 nitrogen and oxygen atoms in total. The molecular weight excluding hydrogens is 162 g/mol. The molecule has 0 fully saturated rings. The lowest BCUT2D eigenvalue weighted by molar-refractivity contribution is 0.108. The third-order valence-electron chi connectivity index (χ3n) is 1.34. The van der Waals surface area contributed by atoms with Crippen LogP contribution in [0.3, 0.4) is 0 Å². The van der Waals surface area contributed by atoms with Gasteiger partial charge in [0.2, 0.25) is 0 Å². The van der Waals surface area contributed by atoms with E-state index in [1.54, 1.807) is 0 Å². The van der Waals surface area contributed by atoms with Crippen LogP contribution < -0.4 is 5.32 Å². The van der Waals surface area contributed by atoms with Crippen molar-refractivity contribution in [2.24, 2.45) is 5.92 Å². The molecule has 13 heavy (non-hydrogen) atoms. The van der Waals surface area contributed by atoms with Gasteiger partial charge in [-0.3, -0.25) is 0 Å². The molecule has 0 aliphatic rings. The van der Waals surface area contributed by atoms with Crippen LogP contribution in [-0.4, -0.2) is 26.3 Å². The normalized spacial score (nSPS) is 9.69. The maximum atomic E-state index is 5.40. The first-order chi connectivity index (χ1) is 6.27. The van der Waals surface area contributed by atoms with Crippen LogP contribution >= 0.6 is 0 Å². The number of rotatable bonds is 7. The first-order valence-electron chi connectivity index (χ1n) is 5.55. The molecule has 0 saturated heterocycles. The van der Waals surface area contributed by atoms with E-state index < -0.39 is 0 Å². The van der Waals surface area contributed by atoms with Crippen molar-refractivity contribution in [3.63, 3.8) is 0 Å². The largest absolute Gasteiger partial charge is 0.381 e. The van der Waals surface area contributed by atoms with E-state index in [1.807, 2.05) is 13.8 Å². The lowest BCUT2D eigenvalue weighted by Gasteiger charge is -2.06. The highest BCUT2D eigenvalue weighted by Crippen LogP contribution is 1.92. The quantitative estimate of drug-likeness (QED) is 0.622. The second-order valence-electron chi connectivity index (χ2n) is 3.18. The first-order valence-corrected chi connectivity index (χ1v) is 5.55. The van der Waals surface area contributed by atoms with E-state index >= 15 is 0 Å². The van der Waals surface area contributed by atoms with Crippen LogP contribution in [-0.2, 0) is 4.74 Å². The van der Waals surface area contributed by atoms with Crippen molar-refractivity contribution in [3.8, 4) is 0 Å². The molecule has 0 amide bonds. The van der Waals surface area contributed by atoms with Crippen LogP contribution in [0.1, 0.15) is 41.0 Å². The van der Waals surface area contributed by atoms with E-state index in [0.717, 1.165) is 32.7 Å². The second kappa shape index (κ2) is 14.4. The van der Waals surface area contributed by atoms with Crippen LogP contribution in [0, 0.1) is 5.92 Å². The molecule has 0 rings (SSSR count). The summed E-state index contributed by atoms with van der Waals surface area (Å²) < 4.78 is 5.40. The summed E-state index contributed by atoms with van der Waals surface area (Å²) in [6.07, 6.45) is 1.13. The van der Waals surface area contributed by atoms with Gasteiger partial charge in [0.15, 0.2) is 0 Å². The molecule has 0 radical (unpaired) electrons. The Bertz CT molecular complexity index is 74.5. The van der Waals surface area contributed by atoms with Crippen molar-refractivity contribution in [1.82, 2.24) is 5.32 Å². The average molecular weight is 189 g/mol. The standard InChI is InChI=1S/C9H21NO.C2H6/c1-4-10-6-5-7-11-8-9(2)3;1-2/h9-10H,4-8H2,1-3H3;1-2H3. The van der Waals surface area contributed by atoms with E-state index in [9.17, 15) is 0 Å². The molecule has 0 unspecified atom stereocenters. The highest BCUT2D eigenvalue weighted by Gasteiger charge is 1.92. The molecule has 82 valence electrons. The van der Waals surface area contributed by atoms with Crippen LogP contribution in [0.5, 0.6) is 0 Å². The molecular formula is C11H27NO. The third-order valence-corrected chi connectivity index (χ3v) is 1.34. The zero-order valence-corrected chi connectivity index (χ0v) is 10.0. The molecule has 0 aliphatic carbocycles. The number of nitrogens with one attached hydrogen (secondary N) is 1. The van der Waals surface area contributed by atoms with E-state index in [4.69, 9.17) is 4.74 Å². The highest BCUT2D eigenvalue weighted by molar-refractivity contribution is 4.44. The topological polar surface area (TPSA) is 21.3 Å². The minimum Gasteiger partial charge on any atom is -0.381 e. The van der Waals surface area contributed by atoms with Gasteiger partial charge in [-0.05, 0) is 25.4 Å². The zero-order valence-electron chi connectivity index (χ0n) is 10.0. The van der Waals surface area contributed by atoms with Gasteiger partial charge in [0.1, 0.15) is 0 Å². The SMILES string of the molecule is CC.CCNCCCOCC(C)C. The smallest absolute Gasteiger partial charge is 0.0489 e. The van der Waals surface area contributed by atoms with E-state index in [-0.39, 0.29) is 0 Å². The molecule has 0 bridgehead atoms. The summed E-state index contributed by atoms with van der Waals surface area (Å²) >= 11 is 0. The van der Waals surface area contributed by atoms with Crippen LogP contribution in [0.15, 0.2) is 0 Å². The summed E-state index contributed by atoms with van der Waals surface area (Å²) in [4.78, 5) is 0. The highest BCUT2D eigenvalue weighted by atomic mass is 16.5. The fraction of sp³-hybridized carbons (Fsp3) is 1.00. The zero-order chi connectivity index (χ0) is 10.5.